The number of fused-ring (bicyclic) bond motifs is 3. The van der Waals surface area contributed by atoms with Gasteiger partial charge in [0, 0.05) is 12.6 Å². The SMILES string of the molecule is COc1ccc(Oc2ccc(C(=O)N[C@H]3CN4CCC3CC4)s2)s1. The summed E-state index contributed by atoms with van der Waals surface area (Å²) >= 11 is 2.82. The van der Waals surface area contributed by atoms with E-state index in [2.05, 4.69) is 10.2 Å². The molecule has 3 saturated heterocycles. The molecule has 1 amide bonds. The van der Waals surface area contributed by atoms with Gasteiger partial charge >= 0.3 is 0 Å². The molecule has 0 aromatic carbocycles. The fourth-order valence-corrected chi connectivity index (χ4v) is 4.94. The number of amides is 1. The smallest absolute Gasteiger partial charge is 0.261 e. The zero-order valence-electron chi connectivity index (χ0n) is 13.5. The molecule has 24 heavy (non-hydrogen) atoms. The van der Waals surface area contributed by atoms with Gasteiger partial charge in [0.05, 0.1) is 12.0 Å². The van der Waals surface area contributed by atoms with Crippen LogP contribution in [0, 0.1) is 5.92 Å². The van der Waals surface area contributed by atoms with Gasteiger partial charge in [-0.2, -0.15) is 0 Å². The monoisotopic (exact) mass is 364 g/mol. The molecule has 2 bridgehead atoms. The third kappa shape index (κ3) is 3.29. The number of ether oxygens (including phenoxy) is 2. The van der Waals surface area contributed by atoms with Crippen molar-refractivity contribution in [3.05, 3.63) is 29.1 Å². The third-order valence-corrected chi connectivity index (χ3v) is 6.62. The van der Waals surface area contributed by atoms with Crippen molar-refractivity contribution in [1.29, 1.82) is 0 Å². The van der Waals surface area contributed by atoms with Crippen LogP contribution < -0.4 is 14.8 Å². The maximum absolute atomic E-state index is 12.5. The highest BCUT2D eigenvalue weighted by atomic mass is 32.1. The van der Waals surface area contributed by atoms with Gasteiger partial charge in [0.1, 0.15) is 0 Å². The molecular formula is C17H20N2O3S2. The summed E-state index contributed by atoms with van der Waals surface area (Å²) in [6.07, 6.45) is 2.40. The Bertz CT molecular complexity index is 719. The highest BCUT2D eigenvalue weighted by Gasteiger charge is 2.35. The number of methoxy groups -OCH3 is 1. The van der Waals surface area contributed by atoms with E-state index in [9.17, 15) is 4.79 Å². The van der Waals surface area contributed by atoms with Gasteiger partial charge in [-0.05, 0) is 56.1 Å². The zero-order chi connectivity index (χ0) is 16.5. The van der Waals surface area contributed by atoms with Gasteiger partial charge in [-0.3, -0.25) is 4.79 Å². The van der Waals surface area contributed by atoms with Crippen LogP contribution in [0.2, 0.25) is 0 Å². The summed E-state index contributed by atoms with van der Waals surface area (Å²) in [7, 11) is 1.64. The third-order valence-electron chi connectivity index (χ3n) is 4.74. The van der Waals surface area contributed by atoms with Gasteiger partial charge in [0.25, 0.3) is 5.91 Å². The molecule has 5 heterocycles. The lowest BCUT2D eigenvalue weighted by molar-refractivity contribution is 0.0622. The second-order valence-corrected chi connectivity index (χ2v) is 8.27. The van der Waals surface area contributed by atoms with Crippen molar-refractivity contribution < 1.29 is 14.3 Å². The number of hydrogen-bond acceptors (Lipinski definition) is 6. The molecule has 7 heteroatoms. The van der Waals surface area contributed by atoms with E-state index in [0.717, 1.165) is 21.7 Å². The minimum Gasteiger partial charge on any atom is -0.487 e. The van der Waals surface area contributed by atoms with E-state index in [1.807, 2.05) is 24.3 Å². The van der Waals surface area contributed by atoms with Crippen LogP contribution in [-0.2, 0) is 0 Å². The second kappa shape index (κ2) is 6.74. The number of carbonyl (C=O) groups is 1. The minimum atomic E-state index is 0.0114. The maximum atomic E-state index is 12.5. The largest absolute Gasteiger partial charge is 0.487 e. The maximum Gasteiger partial charge on any atom is 0.261 e. The zero-order valence-corrected chi connectivity index (χ0v) is 15.1. The Kier molecular flexibility index (Phi) is 4.47. The predicted octanol–water partition coefficient (Wildman–Crippen LogP) is 3.43. The number of rotatable bonds is 5. The molecule has 0 spiro atoms. The normalized spacial score (nSPS) is 25.5. The quantitative estimate of drug-likeness (QED) is 0.883. The van der Waals surface area contributed by atoms with Gasteiger partial charge in [-0.25, -0.2) is 0 Å². The van der Waals surface area contributed by atoms with E-state index in [1.54, 1.807) is 7.11 Å². The van der Waals surface area contributed by atoms with Gasteiger partial charge in [-0.1, -0.05) is 22.7 Å². The summed E-state index contributed by atoms with van der Waals surface area (Å²) in [6.45, 7) is 3.34. The van der Waals surface area contributed by atoms with Crippen molar-refractivity contribution in [2.45, 2.75) is 18.9 Å². The molecule has 1 atom stereocenters. The van der Waals surface area contributed by atoms with Crippen LogP contribution >= 0.6 is 22.7 Å². The molecule has 2 aromatic heterocycles. The van der Waals surface area contributed by atoms with Crippen LogP contribution in [0.25, 0.3) is 0 Å². The summed E-state index contributed by atoms with van der Waals surface area (Å²) in [4.78, 5) is 15.7. The van der Waals surface area contributed by atoms with Crippen LogP contribution in [0.3, 0.4) is 0 Å². The fourth-order valence-electron chi connectivity index (χ4n) is 3.43. The lowest BCUT2D eigenvalue weighted by atomic mass is 9.84. The lowest BCUT2D eigenvalue weighted by Gasteiger charge is -2.44. The standard InChI is InChI=1S/C17H20N2O3S2/c1-21-14-4-5-16(24-14)22-15-3-2-13(23-15)17(20)18-12-10-19-8-6-11(12)7-9-19/h2-5,11-12H,6-10H2,1H3,(H,18,20)/t12-/m0/s1. The molecule has 5 rings (SSSR count). The van der Waals surface area contributed by atoms with Crippen LogP contribution in [0.15, 0.2) is 24.3 Å². The van der Waals surface area contributed by atoms with Gasteiger partial charge in [0.2, 0.25) is 0 Å². The number of nitrogens with zero attached hydrogens (tertiary/aromatic N) is 1. The van der Waals surface area contributed by atoms with Crippen LogP contribution in [0.5, 0.6) is 15.2 Å². The highest BCUT2D eigenvalue weighted by molar-refractivity contribution is 7.17. The van der Waals surface area contributed by atoms with Gasteiger partial charge < -0.3 is 19.7 Å². The summed E-state index contributed by atoms with van der Waals surface area (Å²) in [5, 5.41) is 5.50. The molecule has 128 valence electrons. The van der Waals surface area contributed by atoms with E-state index in [4.69, 9.17) is 9.47 Å². The topological polar surface area (TPSA) is 50.8 Å². The first kappa shape index (κ1) is 15.9. The minimum absolute atomic E-state index is 0.0114. The van der Waals surface area contributed by atoms with Crippen molar-refractivity contribution in [3.8, 4) is 15.2 Å². The van der Waals surface area contributed by atoms with Crippen molar-refractivity contribution in [2.75, 3.05) is 26.7 Å². The van der Waals surface area contributed by atoms with E-state index in [1.165, 1.54) is 48.6 Å². The van der Waals surface area contributed by atoms with Crippen molar-refractivity contribution >= 4 is 28.6 Å². The molecule has 3 aliphatic heterocycles. The van der Waals surface area contributed by atoms with Crippen molar-refractivity contribution in [3.63, 3.8) is 0 Å². The molecule has 3 aliphatic rings. The molecule has 1 N–H and O–H groups in total. The first-order valence-electron chi connectivity index (χ1n) is 8.16. The van der Waals surface area contributed by atoms with E-state index < -0.39 is 0 Å². The Morgan fingerprint density at radius 1 is 1.12 bits per heavy atom. The predicted molar refractivity (Wildman–Crippen MR) is 95.7 cm³/mol. The average molecular weight is 364 g/mol. The molecule has 0 aliphatic carbocycles. The summed E-state index contributed by atoms with van der Waals surface area (Å²) in [5.41, 5.74) is 0. The van der Waals surface area contributed by atoms with Crippen LogP contribution in [-0.4, -0.2) is 43.6 Å². The summed E-state index contributed by atoms with van der Waals surface area (Å²) in [6, 6.07) is 7.71. The Hall–Kier alpha value is -1.57. The molecule has 0 saturated carbocycles. The highest BCUT2D eigenvalue weighted by Crippen LogP contribution is 2.37. The number of nitrogens with one attached hydrogen (secondary N) is 1. The number of thiophene rings is 2. The Labute approximate surface area is 149 Å². The molecular weight excluding hydrogens is 344 g/mol. The molecule has 0 unspecified atom stereocenters. The molecule has 5 nitrogen and oxygen atoms in total. The van der Waals surface area contributed by atoms with Crippen LogP contribution in [0.4, 0.5) is 0 Å². The molecule has 3 fully saturated rings. The first-order chi connectivity index (χ1) is 11.7. The second-order valence-electron chi connectivity index (χ2n) is 6.22. The van der Waals surface area contributed by atoms with E-state index in [0.29, 0.717) is 10.8 Å². The van der Waals surface area contributed by atoms with Crippen molar-refractivity contribution in [1.82, 2.24) is 10.2 Å². The summed E-state index contributed by atoms with van der Waals surface area (Å²) < 4.78 is 11.0. The Morgan fingerprint density at radius 3 is 2.50 bits per heavy atom. The number of carbonyl (C=O) groups excluding carboxylic acids is 1. The lowest BCUT2D eigenvalue weighted by Crippen LogP contribution is -2.57. The van der Waals surface area contributed by atoms with Gasteiger partial charge in [-0.15, -0.1) is 0 Å². The van der Waals surface area contributed by atoms with E-state index in [-0.39, 0.29) is 11.9 Å². The summed E-state index contributed by atoms with van der Waals surface area (Å²) in [5.74, 6) is 0.644. The average Bonchev–Trinajstić information content (AvgIpc) is 3.26. The molecule has 2 aromatic rings. The van der Waals surface area contributed by atoms with Gasteiger partial charge in [0.15, 0.2) is 15.2 Å². The first-order valence-corrected chi connectivity index (χ1v) is 9.79. The molecule has 0 radical (unpaired) electrons. The van der Waals surface area contributed by atoms with Crippen molar-refractivity contribution in [2.24, 2.45) is 5.92 Å². The Balaban J connectivity index is 1.38. The van der Waals surface area contributed by atoms with Crippen LogP contribution in [0.1, 0.15) is 22.5 Å². The Morgan fingerprint density at radius 2 is 1.83 bits per heavy atom. The number of hydrogen-bond donors (Lipinski definition) is 1. The number of piperidine rings is 3. The van der Waals surface area contributed by atoms with E-state index >= 15 is 0 Å². The fraction of sp³-hybridized carbons (Fsp3) is 0.471.